The smallest absolute Gasteiger partial charge is 0.164 e. The Morgan fingerprint density at radius 2 is 0.885 bits per heavy atom. The van der Waals surface area contributed by atoms with Crippen LogP contribution in [0.2, 0.25) is 0 Å². The lowest BCUT2D eigenvalue weighted by Crippen LogP contribution is -2.01. The average molecular weight is 666 g/mol. The third-order valence-electron chi connectivity index (χ3n) is 10.1. The van der Waals surface area contributed by atoms with Gasteiger partial charge >= 0.3 is 0 Å². The minimum Gasteiger partial charge on any atom is -0.455 e. The van der Waals surface area contributed by atoms with E-state index in [9.17, 15) is 0 Å². The van der Waals surface area contributed by atoms with Crippen molar-refractivity contribution < 1.29 is 8.83 Å². The van der Waals surface area contributed by atoms with Crippen molar-refractivity contribution in [1.82, 2.24) is 15.0 Å². The van der Waals surface area contributed by atoms with Crippen molar-refractivity contribution in [3.63, 3.8) is 0 Å². The van der Waals surface area contributed by atoms with E-state index < -0.39 is 0 Å². The normalized spacial score (nSPS) is 11.8. The molecule has 0 spiro atoms. The Morgan fingerprint density at radius 3 is 1.71 bits per heavy atom. The molecule has 242 valence electrons. The van der Waals surface area contributed by atoms with Gasteiger partial charge in [0.05, 0.1) is 0 Å². The van der Waals surface area contributed by atoms with E-state index in [1.165, 1.54) is 5.39 Å². The molecule has 11 rings (SSSR count). The van der Waals surface area contributed by atoms with E-state index in [1.54, 1.807) is 0 Å². The monoisotopic (exact) mass is 665 g/mol. The maximum absolute atomic E-state index is 6.75. The van der Waals surface area contributed by atoms with Crippen LogP contribution in [0.15, 0.2) is 173 Å². The molecule has 3 aromatic heterocycles. The van der Waals surface area contributed by atoms with Crippen molar-refractivity contribution in [1.29, 1.82) is 0 Å². The van der Waals surface area contributed by atoms with Gasteiger partial charge < -0.3 is 8.83 Å². The van der Waals surface area contributed by atoms with Crippen LogP contribution in [0.4, 0.5) is 0 Å². The van der Waals surface area contributed by atoms with Gasteiger partial charge in [0.25, 0.3) is 0 Å². The highest BCUT2D eigenvalue weighted by Crippen LogP contribution is 2.44. The fourth-order valence-corrected chi connectivity index (χ4v) is 7.76. The molecule has 5 heteroatoms. The highest BCUT2D eigenvalue weighted by Gasteiger charge is 2.23. The summed E-state index contributed by atoms with van der Waals surface area (Å²) in [6, 6.07) is 56.1. The van der Waals surface area contributed by atoms with E-state index >= 15 is 0 Å². The molecule has 8 aromatic carbocycles. The number of rotatable bonds is 4. The summed E-state index contributed by atoms with van der Waals surface area (Å²) >= 11 is 0. The number of benzene rings is 8. The molecule has 0 saturated heterocycles. The minimum atomic E-state index is 0.575. The van der Waals surface area contributed by atoms with Crippen LogP contribution >= 0.6 is 0 Å². The zero-order valence-electron chi connectivity index (χ0n) is 27.7. The van der Waals surface area contributed by atoms with Crippen LogP contribution < -0.4 is 0 Å². The molecule has 0 fully saturated rings. The molecule has 0 bridgehead atoms. The molecular formula is C47H27N3O2. The highest BCUT2D eigenvalue weighted by atomic mass is 16.3. The number of aromatic nitrogens is 3. The van der Waals surface area contributed by atoms with Crippen molar-refractivity contribution >= 4 is 65.4 Å². The van der Waals surface area contributed by atoms with E-state index in [-0.39, 0.29) is 0 Å². The molecule has 0 aliphatic carbocycles. The Kier molecular flexibility index (Phi) is 6.18. The topological polar surface area (TPSA) is 65.0 Å². The predicted molar refractivity (Wildman–Crippen MR) is 211 cm³/mol. The molecule has 0 N–H and O–H groups in total. The molecule has 0 amide bonds. The first kappa shape index (κ1) is 28.7. The third kappa shape index (κ3) is 4.33. The molecule has 0 aliphatic heterocycles. The van der Waals surface area contributed by atoms with Gasteiger partial charge in [0.15, 0.2) is 17.5 Å². The van der Waals surface area contributed by atoms with Crippen molar-refractivity contribution in [2.24, 2.45) is 0 Å². The molecule has 0 atom stereocenters. The molecule has 5 nitrogen and oxygen atoms in total. The predicted octanol–water partition coefficient (Wildman–Crippen LogP) is 12.6. The van der Waals surface area contributed by atoms with Gasteiger partial charge in [0, 0.05) is 49.4 Å². The van der Waals surface area contributed by atoms with Crippen LogP contribution in [0, 0.1) is 0 Å². The first-order valence-corrected chi connectivity index (χ1v) is 17.4. The first-order valence-electron chi connectivity index (χ1n) is 17.4. The third-order valence-corrected chi connectivity index (χ3v) is 10.1. The lowest BCUT2D eigenvalue weighted by Gasteiger charge is -2.13. The number of hydrogen-bond donors (Lipinski definition) is 0. The molecular weight excluding hydrogens is 639 g/mol. The summed E-state index contributed by atoms with van der Waals surface area (Å²) in [7, 11) is 0. The largest absolute Gasteiger partial charge is 0.455 e. The quantitative estimate of drug-likeness (QED) is 0.175. The molecule has 52 heavy (non-hydrogen) atoms. The summed E-state index contributed by atoms with van der Waals surface area (Å²) in [5, 5.41) is 8.67. The van der Waals surface area contributed by atoms with Gasteiger partial charge in [0.2, 0.25) is 0 Å². The van der Waals surface area contributed by atoms with Crippen LogP contribution in [0.1, 0.15) is 0 Å². The van der Waals surface area contributed by atoms with E-state index in [4.69, 9.17) is 23.8 Å². The SMILES string of the molecule is c1ccc(-c2nc(-c3cc4ccccc4c4ccccc34)nc(-c3ccc(-c4cccc5c4oc4ccccc45)c4oc5ccccc5c34)n2)cc1. The Bertz CT molecular complexity index is 3190. The zero-order valence-corrected chi connectivity index (χ0v) is 27.7. The van der Waals surface area contributed by atoms with Crippen molar-refractivity contribution in [2.75, 3.05) is 0 Å². The van der Waals surface area contributed by atoms with Gasteiger partial charge in [-0.3, -0.25) is 0 Å². The summed E-state index contributed by atoms with van der Waals surface area (Å²) < 4.78 is 13.2. The van der Waals surface area contributed by atoms with E-state index in [1.807, 2.05) is 66.7 Å². The van der Waals surface area contributed by atoms with Crippen molar-refractivity contribution in [3.8, 4) is 45.3 Å². The number of hydrogen-bond acceptors (Lipinski definition) is 5. The summed E-state index contributed by atoms with van der Waals surface area (Å²) in [5.74, 6) is 1.80. The van der Waals surface area contributed by atoms with Crippen LogP contribution in [0.25, 0.3) is 111 Å². The van der Waals surface area contributed by atoms with Crippen LogP contribution in [-0.2, 0) is 0 Å². The summed E-state index contributed by atoms with van der Waals surface area (Å²) in [6.07, 6.45) is 0. The molecule has 0 saturated carbocycles. The van der Waals surface area contributed by atoms with Gasteiger partial charge in [-0.1, -0.05) is 133 Å². The second-order valence-corrected chi connectivity index (χ2v) is 13.1. The molecule has 0 aliphatic rings. The second kappa shape index (κ2) is 11.2. The molecule has 3 heterocycles. The summed E-state index contributed by atoms with van der Waals surface area (Å²) in [4.78, 5) is 15.6. The van der Waals surface area contributed by atoms with Crippen molar-refractivity contribution in [2.45, 2.75) is 0 Å². The summed E-state index contributed by atoms with van der Waals surface area (Å²) in [6.45, 7) is 0. The molecule has 11 aromatic rings. The maximum Gasteiger partial charge on any atom is 0.164 e. The number of furan rings is 2. The van der Waals surface area contributed by atoms with Crippen molar-refractivity contribution in [3.05, 3.63) is 164 Å². The standard InChI is InChI=1S/C47H27N3O2/c1-2-13-28(14-3-1)45-48-46(50-47(49-45)39-27-29-15-4-5-16-30(29)31-17-6-7-18-32(31)39)38-26-25-36(44-42(38)37-20-9-11-24-41(37)52-44)35-22-12-21-34-33-19-8-10-23-40(33)51-43(34)35/h1-27H. The van der Waals surface area contributed by atoms with E-state index in [0.717, 1.165) is 87.9 Å². The first-order chi connectivity index (χ1) is 25.8. The Balaban J connectivity index is 1.21. The van der Waals surface area contributed by atoms with Gasteiger partial charge in [-0.2, -0.15) is 0 Å². The zero-order chi connectivity index (χ0) is 34.2. The highest BCUT2D eigenvalue weighted by molar-refractivity contribution is 6.19. The fourth-order valence-electron chi connectivity index (χ4n) is 7.76. The van der Waals surface area contributed by atoms with Gasteiger partial charge in [-0.25, -0.2) is 15.0 Å². The molecule has 0 unspecified atom stereocenters. The minimum absolute atomic E-state index is 0.575. The lowest BCUT2D eigenvalue weighted by molar-refractivity contribution is 0.665. The Morgan fingerprint density at radius 1 is 0.327 bits per heavy atom. The van der Waals surface area contributed by atoms with Gasteiger partial charge in [-0.15, -0.1) is 0 Å². The maximum atomic E-state index is 6.75. The van der Waals surface area contributed by atoms with E-state index in [0.29, 0.717) is 17.5 Å². The number of nitrogens with zero attached hydrogens (tertiary/aromatic N) is 3. The average Bonchev–Trinajstić information content (AvgIpc) is 3.80. The van der Waals surface area contributed by atoms with Gasteiger partial charge in [0.1, 0.15) is 22.3 Å². The second-order valence-electron chi connectivity index (χ2n) is 13.1. The summed E-state index contributed by atoms with van der Waals surface area (Å²) in [5.41, 5.74) is 7.88. The lowest BCUT2D eigenvalue weighted by atomic mass is 9.96. The van der Waals surface area contributed by atoms with E-state index in [2.05, 4.69) is 97.1 Å². The molecule has 0 radical (unpaired) electrons. The van der Waals surface area contributed by atoms with Crippen LogP contribution in [-0.4, -0.2) is 15.0 Å². The van der Waals surface area contributed by atoms with Gasteiger partial charge in [-0.05, 0) is 51.9 Å². The fraction of sp³-hybridized carbons (Fsp3) is 0. The van der Waals surface area contributed by atoms with Crippen LogP contribution in [0.5, 0.6) is 0 Å². The van der Waals surface area contributed by atoms with Crippen LogP contribution in [0.3, 0.4) is 0 Å². The number of para-hydroxylation sites is 3. The number of fused-ring (bicyclic) bond motifs is 9. The Labute approximate surface area is 297 Å². The Hall–Kier alpha value is -7.11.